The minimum absolute atomic E-state index is 0.243. The lowest BCUT2D eigenvalue weighted by molar-refractivity contribution is -0.163. The van der Waals surface area contributed by atoms with Crippen LogP contribution in [-0.4, -0.2) is 31.4 Å². The molecule has 0 aliphatic heterocycles. The van der Waals surface area contributed by atoms with E-state index in [9.17, 15) is 9.59 Å². The molecule has 0 amide bonds. The van der Waals surface area contributed by atoms with E-state index in [1.54, 1.807) is 6.92 Å². The normalized spacial score (nSPS) is 10.5. The second-order valence-electron chi connectivity index (χ2n) is 2.79. The summed E-state index contributed by atoms with van der Waals surface area (Å²) in [6.07, 6.45) is -0.905. The van der Waals surface area contributed by atoms with Crippen molar-refractivity contribution >= 4 is 12.1 Å². The third-order valence-electron chi connectivity index (χ3n) is 1.27. The fourth-order valence-electron chi connectivity index (χ4n) is 0.597. The molecule has 13 heavy (non-hydrogen) atoms. The van der Waals surface area contributed by atoms with Gasteiger partial charge in [0.1, 0.15) is 0 Å². The van der Waals surface area contributed by atoms with Gasteiger partial charge >= 0.3 is 12.1 Å². The smallest absolute Gasteiger partial charge is 0.463 e. The van der Waals surface area contributed by atoms with Gasteiger partial charge < -0.3 is 14.2 Å². The fraction of sp³-hybridized carbons (Fsp3) is 0.750. The molecule has 0 aliphatic carbocycles. The zero-order chi connectivity index (χ0) is 10.5. The van der Waals surface area contributed by atoms with Gasteiger partial charge in [-0.05, 0) is 20.8 Å². The Morgan fingerprint density at radius 1 is 1.31 bits per heavy atom. The van der Waals surface area contributed by atoms with Crippen LogP contribution in [0.15, 0.2) is 0 Å². The molecule has 0 aliphatic rings. The molecule has 0 radical (unpaired) electrons. The third kappa shape index (κ3) is 3.78. The number of esters is 1. The summed E-state index contributed by atoms with van der Waals surface area (Å²) < 4.78 is 13.6. The van der Waals surface area contributed by atoms with Gasteiger partial charge in [0.05, 0.1) is 13.7 Å². The molecule has 0 spiro atoms. The molecule has 0 aromatic rings. The predicted octanol–water partition coefficient (Wildman–Crippen LogP) is 1.11. The summed E-state index contributed by atoms with van der Waals surface area (Å²) in [7, 11) is 1.17. The monoisotopic (exact) mass is 190 g/mol. The van der Waals surface area contributed by atoms with Crippen molar-refractivity contribution in [1.29, 1.82) is 0 Å². The number of carbonyl (C=O) groups excluding carboxylic acids is 2. The van der Waals surface area contributed by atoms with Crippen LogP contribution in [0.2, 0.25) is 0 Å². The summed E-state index contributed by atoms with van der Waals surface area (Å²) >= 11 is 0. The standard InChI is InChI=1S/C8H14O5/c1-5-12-6(9)8(2,3)13-7(10)11-4/h5H2,1-4H3. The maximum atomic E-state index is 11.2. The Morgan fingerprint density at radius 3 is 2.23 bits per heavy atom. The highest BCUT2D eigenvalue weighted by atomic mass is 16.7. The molecule has 0 aromatic heterocycles. The Kier molecular flexibility index (Phi) is 4.23. The minimum atomic E-state index is -1.30. The van der Waals surface area contributed by atoms with Crippen molar-refractivity contribution in [3.8, 4) is 0 Å². The average Bonchev–Trinajstić information content (AvgIpc) is 2.04. The predicted molar refractivity (Wildman–Crippen MR) is 44.2 cm³/mol. The number of ether oxygens (including phenoxy) is 3. The van der Waals surface area contributed by atoms with Gasteiger partial charge in [-0.3, -0.25) is 0 Å². The molecule has 0 unspecified atom stereocenters. The number of hydrogen-bond donors (Lipinski definition) is 0. The summed E-state index contributed by atoms with van der Waals surface area (Å²) in [4.78, 5) is 21.8. The fourth-order valence-corrected chi connectivity index (χ4v) is 0.597. The molecule has 0 bridgehead atoms. The van der Waals surface area contributed by atoms with E-state index < -0.39 is 17.7 Å². The number of methoxy groups -OCH3 is 1. The summed E-state index contributed by atoms with van der Waals surface area (Å²) in [6, 6.07) is 0. The SMILES string of the molecule is CCOC(=O)C(C)(C)OC(=O)OC. The lowest BCUT2D eigenvalue weighted by Gasteiger charge is -2.21. The molecule has 0 heterocycles. The van der Waals surface area contributed by atoms with Gasteiger partial charge in [0, 0.05) is 0 Å². The molecule has 5 nitrogen and oxygen atoms in total. The van der Waals surface area contributed by atoms with Crippen LogP contribution < -0.4 is 0 Å². The average molecular weight is 190 g/mol. The maximum Gasteiger partial charge on any atom is 0.509 e. The second-order valence-corrected chi connectivity index (χ2v) is 2.79. The van der Waals surface area contributed by atoms with Crippen molar-refractivity contribution in [3.63, 3.8) is 0 Å². The van der Waals surface area contributed by atoms with E-state index >= 15 is 0 Å². The van der Waals surface area contributed by atoms with Crippen molar-refractivity contribution in [3.05, 3.63) is 0 Å². The molecule has 5 heteroatoms. The van der Waals surface area contributed by atoms with E-state index in [-0.39, 0.29) is 6.61 Å². The van der Waals surface area contributed by atoms with Crippen LogP contribution in [0.4, 0.5) is 4.79 Å². The third-order valence-corrected chi connectivity index (χ3v) is 1.27. The summed E-state index contributed by atoms with van der Waals surface area (Å²) in [5.74, 6) is -0.597. The Morgan fingerprint density at radius 2 is 1.85 bits per heavy atom. The van der Waals surface area contributed by atoms with E-state index in [2.05, 4.69) is 14.2 Å². The van der Waals surface area contributed by atoms with Crippen LogP contribution in [0, 0.1) is 0 Å². The van der Waals surface area contributed by atoms with Crippen molar-refractivity contribution in [2.45, 2.75) is 26.4 Å². The van der Waals surface area contributed by atoms with Crippen LogP contribution in [0.5, 0.6) is 0 Å². The molecule has 0 N–H and O–H groups in total. The van der Waals surface area contributed by atoms with Gasteiger partial charge in [-0.25, -0.2) is 9.59 Å². The quantitative estimate of drug-likeness (QED) is 0.624. The number of hydrogen-bond acceptors (Lipinski definition) is 5. The lowest BCUT2D eigenvalue weighted by Crippen LogP contribution is -2.38. The Labute approximate surface area is 77.0 Å². The van der Waals surface area contributed by atoms with E-state index in [1.807, 2.05) is 0 Å². The summed E-state index contributed by atoms with van der Waals surface area (Å²) in [5, 5.41) is 0. The van der Waals surface area contributed by atoms with Crippen molar-refractivity contribution in [1.82, 2.24) is 0 Å². The molecule has 0 saturated heterocycles. The zero-order valence-electron chi connectivity index (χ0n) is 8.25. The first-order valence-electron chi connectivity index (χ1n) is 3.88. The molecule has 0 rings (SSSR count). The highest BCUT2D eigenvalue weighted by Crippen LogP contribution is 2.12. The van der Waals surface area contributed by atoms with Gasteiger partial charge in [-0.1, -0.05) is 0 Å². The Hall–Kier alpha value is -1.26. The Bertz CT molecular complexity index is 197. The first-order chi connectivity index (χ1) is 5.94. The summed E-state index contributed by atoms with van der Waals surface area (Å²) in [5.41, 5.74) is -1.30. The van der Waals surface area contributed by atoms with Gasteiger partial charge in [0.2, 0.25) is 5.60 Å². The summed E-state index contributed by atoms with van der Waals surface area (Å²) in [6.45, 7) is 4.78. The van der Waals surface area contributed by atoms with Gasteiger partial charge in [-0.15, -0.1) is 0 Å². The van der Waals surface area contributed by atoms with Gasteiger partial charge in [0.25, 0.3) is 0 Å². The largest absolute Gasteiger partial charge is 0.509 e. The molecule has 0 saturated carbocycles. The van der Waals surface area contributed by atoms with Crippen LogP contribution in [0.1, 0.15) is 20.8 Å². The molecule has 76 valence electrons. The van der Waals surface area contributed by atoms with E-state index in [0.717, 1.165) is 0 Å². The van der Waals surface area contributed by atoms with E-state index in [1.165, 1.54) is 21.0 Å². The molecular weight excluding hydrogens is 176 g/mol. The number of rotatable bonds is 3. The Balaban J connectivity index is 4.21. The van der Waals surface area contributed by atoms with Crippen molar-refractivity contribution in [2.75, 3.05) is 13.7 Å². The highest BCUT2D eigenvalue weighted by Gasteiger charge is 2.34. The molecule has 0 aromatic carbocycles. The van der Waals surface area contributed by atoms with Crippen LogP contribution in [-0.2, 0) is 19.0 Å². The van der Waals surface area contributed by atoms with Crippen molar-refractivity contribution in [2.24, 2.45) is 0 Å². The topological polar surface area (TPSA) is 61.8 Å². The zero-order valence-corrected chi connectivity index (χ0v) is 8.25. The maximum absolute atomic E-state index is 11.2. The van der Waals surface area contributed by atoms with Gasteiger partial charge in [-0.2, -0.15) is 0 Å². The minimum Gasteiger partial charge on any atom is -0.463 e. The van der Waals surface area contributed by atoms with Crippen LogP contribution in [0.3, 0.4) is 0 Å². The second kappa shape index (κ2) is 4.69. The first-order valence-corrected chi connectivity index (χ1v) is 3.88. The lowest BCUT2D eigenvalue weighted by atomic mass is 10.1. The number of carbonyl (C=O) groups is 2. The van der Waals surface area contributed by atoms with Crippen molar-refractivity contribution < 1.29 is 23.8 Å². The molecule has 0 fully saturated rings. The van der Waals surface area contributed by atoms with E-state index in [0.29, 0.717) is 0 Å². The molecular formula is C8H14O5. The highest BCUT2D eigenvalue weighted by molar-refractivity contribution is 5.81. The van der Waals surface area contributed by atoms with Crippen LogP contribution >= 0.6 is 0 Å². The van der Waals surface area contributed by atoms with E-state index in [4.69, 9.17) is 0 Å². The van der Waals surface area contributed by atoms with Gasteiger partial charge in [0.15, 0.2) is 0 Å². The van der Waals surface area contributed by atoms with Crippen LogP contribution in [0.25, 0.3) is 0 Å². The first kappa shape index (κ1) is 11.7. The molecule has 0 atom stereocenters.